The van der Waals surface area contributed by atoms with Gasteiger partial charge in [0.25, 0.3) is 0 Å². The van der Waals surface area contributed by atoms with Gasteiger partial charge in [-0.1, -0.05) is 12.1 Å². The van der Waals surface area contributed by atoms with Crippen molar-refractivity contribution in [3.05, 3.63) is 29.3 Å². The number of hydrogen-bond donors (Lipinski definition) is 2. The van der Waals surface area contributed by atoms with E-state index in [9.17, 15) is 5.11 Å². The fourth-order valence-electron chi connectivity index (χ4n) is 3.82. The van der Waals surface area contributed by atoms with Crippen LogP contribution in [0, 0.1) is 18.8 Å². The molecular formula is C16H24N2O. The van der Waals surface area contributed by atoms with E-state index in [1.54, 1.807) is 0 Å². The molecule has 104 valence electrons. The summed E-state index contributed by atoms with van der Waals surface area (Å²) in [5.41, 5.74) is 4.03. The van der Waals surface area contributed by atoms with Gasteiger partial charge in [-0.2, -0.15) is 0 Å². The lowest BCUT2D eigenvalue weighted by Crippen LogP contribution is -2.25. The third-order valence-corrected chi connectivity index (χ3v) is 4.80. The molecule has 0 aromatic heterocycles. The summed E-state index contributed by atoms with van der Waals surface area (Å²) in [6.07, 6.45) is 2.13. The lowest BCUT2D eigenvalue weighted by atomic mass is 10.00. The number of benzene rings is 1. The van der Waals surface area contributed by atoms with Crippen LogP contribution < -0.4 is 10.2 Å². The number of nitrogens with one attached hydrogen (secondary N) is 1. The van der Waals surface area contributed by atoms with Crippen molar-refractivity contribution in [2.24, 2.45) is 11.8 Å². The molecule has 3 atom stereocenters. The number of aliphatic hydroxyl groups is 1. The normalized spacial score (nSPS) is 29.8. The molecule has 2 aliphatic rings. The predicted molar refractivity (Wildman–Crippen MR) is 78.4 cm³/mol. The first-order chi connectivity index (χ1) is 9.19. The van der Waals surface area contributed by atoms with E-state index < -0.39 is 0 Å². The second-order valence-electron chi connectivity index (χ2n) is 6.12. The fourth-order valence-corrected chi connectivity index (χ4v) is 3.82. The minimum absolute atomic E-state index is 0.0705. The van der Waals surface area contributed by atoms with Crippen molar-refractivity contribution in [1.82, 2.24) is 5.32 Å². The SMILES string of the molecule is CNCc1ccc(N2CC3CCC(O)C3C2)c(C)c1. The van der Waals surface area contributed by atoms with Crippen LogP contribution in [0.25, 0.3) is 0 Å². The molecule has 0 spiro atoms. The largest absolute Gasteiger partial charge is 0.393 e. The third-order valence-electron chi connectivity index (χ3n) is 4.80. The van der Waals surface area contributed by atoms with E-state index in [0.29, 0.717) is 11.8 Å². The highest BCUT2D eigenvalue weighted by molar-refractivity contribution is 5.55. The molecule has 1 saturated carbocycles. The van der Waals surface area contributed by atoms with Gasteiger partial charge in [0, 0.05) is 31.2 Å². The van der Waals surface area contributed by atoms with Gasteiger partial charge in [0.1, 0.15) is 0 Å². The molecule has 1 aliphatic carbocycles. The van der Waals surface area contributed by atoms with Gasteiger partial charge < -0.3 is 15.3 Å². The monoisotopic (exact) mass is 260 g/mol. The summed E-state index contributed by atoms with van der Waals surface area (Å²) >= 11 is 0. The molecule has 3 rings (SSSR count). The van der Waals surface area contributed by atoms with Crippen LogP contribution in [0.15, 0.2) is 18.2 Å². The molecule has 2 N–H and O–H groups in total. The maximum absolute atomic E-state index is 10.0. The molecular weight excluding hydrogens is 236 g/mol. The highest BCUT2D eigenvalue weighted by Crippen LogP contribution is 2.40. The van der Waals surface area contributed by atoms with Gasteiger partial charge in [-0.15, -0.1) is 0 Å². The molecule has 1 saturated heterocycles. The molecule has 1 heterocycles. The number of hydrogen-bond acceptors (Lipinski definition) is 3. The smallest absolute Gasteiger partial charge is 0.0588 e. The van der Waals surface area contributed by atoms with Gasteiger partial charge in [-0.25, -0.2) is 0 Å². The van der Waals surface area contributed by atoms with E-state index in [2.05, 4.69) is 35.3 Å². The molecule has 3 heteroatoms. The van der Waals surface area contributed by atoms with Gasteiger partial charge in [0.2, 0.25) is 0 Å². The summed E-state index contributed by atoms with van der Waals surface area (Å²) in [5.74, 6) is 1.20. The molecule has 3 nitrogen and oxygen atoms in total. The Hall–Kier alpha value is -1.06. The molecule has 19 heavy (non-hydrogen) atoms. The highest BCUT2D eigenvalue weighted by atomic mass is 16.3. The van der Waals surface area contributed by atoms with E-state index in [0.717, 1.165) is 26.1 Å². The molecule has 2 fully saturated rings. The fraction of sp³-hybridized carbons (Fsp3) is 0.625. The Bertz CT molecular complexity index is 460. The molecule has 3 unspecified atom stereocenters. The zero-order valence-electron chi connectivity index (χ0n) is 11.9. The van der Waals surface area contributed by atoms with Gasteiger partial charge in [0.15, 0.2) is 0 Å². The average Bonchev–Trinajstić information content (AvgIpc) is 2.93. The summed E-state index contributed by atoms with van der Waals surface area (Å²) in [4.78, 5) is 2.47. The van der Waals surface area contributed by atoms with E-state index in [1.165, 1.54) is 23.2 Å². The van der Waals surface area contributed by atoms with E-state index in [4.69, 9.17) is 0 Å². The second-order valence-corrected chi connectivity index (χ2v) is 6.12. The molecule has 1 aromatic rings. The Morgan fingerprint density at radius 3 is 2.84 bits per heavy atom. The Kier molecular flexibility index (Phi) is 3.50. The molecule has 0 bridgehead atoms. The Labute approximate surface area is 115 Å². The average molecular weight is 260 g/mol. The van der Waals surface area contributed by atoms with Crippen LogP contribution >= 0.6 is 0 Å². The zero-order chi connectivity index (χ0) is 13.4. The maximum Gasteiger partial charge on any atom is 0.0588 e. The number of nitrogens with zero attached hydrogens (tertiary/aromatic N) is 1. The standard InChI is InChI=1S/C16H24N2O/c1-11-7-12(8-17-2)3-5-15(11)18-9-13-4-6-16(19)14(13)10-18/h3,5,7,13-14,16-17,19H,4,6,8-10H2,1-2H3. The van der Waals surface area contributed by atoms with E-state index in [-0.39, 0.29) is 6.10 Å². The maximum atomic E-state index is 10.0. The Balaban J connectivity index is 1.77. The van der Waals surface area contributed by atoms with Crippen molar-refractivity contribution in [3.63, 3.8) is 0 Å². The first-order valence-corrected chi connectivity index (χ1v) is 7.36. The number of aliphatic hydroxyl groups excluding tert-OH is 1. The summed E-state index contributed by atoms with van der Waals surface area (Å²) in [7, 11) is 1.98. The van der Waals surface area contributed by atoms with Crippen molar-refractivity contribution < 1.29 is 5.11 Å². The quantitative estimate of drug-likeness (QED) is 0.871. The first-order valence-electron chi connectivity index (χ1n) is 7.36. The van der Waals surface area contributed by atoms with Crippen molar-refractivity contribution >= 4 is 5.69 Å². The van der Waals surface area contributed by atoms with Crippen LogP contribution in [-0.2, 0) is 6.54 Å². The zero-order valence-corrected chi connectivity index (χ0v) is 11.9. The van der Waals surface area contributed by atoms with Crippen LogP contribution in [0.4, 0.5) is 5.69 Å². The van der Waals surface area contributed by atoms with Crippen molar-refractivity contribution in [2.75, 3.05) is 25.0 Å². The predicted octanol–water partition coefficient (Wildman–Crippen LogP) is 1.92. The summed E-state index contributed by atoms with van der Waals surface area (Å²) in [5, 5.41) is 13.2. The van der Waals surface area contributed by atoms with Gasteiger partial charge in [0.05, 0.1) is 6.10 Å². The van der Waals surface area contributed by atoms with Crippen molar-refractivity contribution in [1.29, 1.82) is 0 Å². The highest BCUT2D eigenvalue weighted by Gasteiger charge is 2.42. The van der Waals surface area contributed by atoms with E-state index in [1.807, 2.05) is 7.05 Å². The minimum atomic E-state index is -0.0705. The van der Waals surface area contributed by atoms with Crippen LogP contribution in [0.1, 0.15) is 24.0 Å². The molecule has 0 amide bonds. The Morgan fingerprint density at radius 1 is 1.32 bits per heavy atom. The summed E-state index contributed by atoms with van der Waals surface area (Å²) in [6.45, 7) is 5.26. The molecule has 1 aromatic carbocycles. The van der Waals surface area contributed by atoms with Crippen LogP contribution in [0.3, 0.4) is 0 Å². The van der Waals surface area contributed by atoms with Crippen molar-refractivity contribution in [2.45, 2.75) is 32.4 Å². The molecule has 1 aliphatic heterocycles. The second kappa shape index (κ2) is 5.14. The van der Waals surface area contributed by atoms with E-state index >= 15 is 0 Å². The topological polar surface area (TPSA) is 35.5 Å². The first kappa shape index (κ1) is 12.9. The minimum Gasteiger partial charge on any atom is -0.393 e. The number of anilines is 1. The lowest BCUT2D eigenvalue weighted by Gasteiger charge is -2.23. The third kappa shape index (κ3) is 2.37. The van der Waals surface area contributed by atoms with Gasteiger partial charge >= 0.3 is 0 Å². The van der Waals surface area contributed by atoms with Crippen LogP contribution in [0.5, 0.6) is 0 Å². The molecule has 0 radical (unpaired) electrons. The van der Waals surface area contributed by atoms with Crippen molar-refractivity contribution in [3.8, 4) is 0 Å². The number of aryl methyl sites for hydroxylation is 1. The van der Waals surface area contributed by atoms with Gasteiger partial charge in [-0.3, -0.25) is 0 Å². The summed E-state index contributed by atoms with van der Waals surface area (Å²) < 4.78 is 0. The van der Waals surface area contributed by atoms with Gasteiger partial charge in [-0.05, 0) is 49.9 Å². The van der Waals surface area contributed by atoms with Crippen LogP contribution in [-0.4, -0.2) is 31.3 Å². The lowest BCUT2D eigenvalue weighted by molar-refractivity contribution is 0.133. The van der Waals surface area contributed by atoms with Crippen LogP contribution in [0.2, 0.25) is 0 Å². The number of rotatable bonds is 3. The summed E-state index contributed by atoms with van der Waals surface area (Å²) in [6, 6.07) is 6.73. The Morgan fingerprint density at radius 2 is 2.16 bits per heavy atom. The number of fused-ring (bicyclic) bond motifs is 1.